The number of hydrogen-bond donors (Lipinski definition) is 2. The smallest absolute Gasteiger partial charge is 0.232 e. The number of nitrogens with zero attached hydrogens (tertiary/aromatic N) is 2. The summed E-state index contributed by atoms with van der Waals surface area (Å²) in [5.41, 5.74) is -0.233. The Balaban J connectivity index is 2.05. The fraction of sp³-hybridized carbons (Fsp3) is 0.750. The summed E-state index contributed by atoms with van der Waals surface area (Å²) in [6.07, 6.45) is 3.53. The molecule has 2 heterocycles. The lowest BCUT2D eigenvalue weighted by molar-refractivity contribution is -0.127. The third kappa shape index (κ3) is 2.70. The van der Waals surface area contributed by atoms with Crippen LogP contribution in [0.4, 0.5) is 5.13 Å². The standard InChI is InChI=1S/C12H20N4OS/c1-3-9-15-16-11(18-9)14-10(17)12(4-2)5-7-13-8-6-12/h13H,3-8H2,1-2H3,(H,14,16,17). The maximum Gasteiger partial charge on any atom is 0.232 e. The van der Waals surface area contributed by atoms with Gasteiger partial charge in [0.15, 0.2) is 0 Å². The van der Waals surface area contributed by atoms with Crippen molar-refractivity contribution in [2.24, 2.45) is 5.41 Å². The molecule has 1 aromatic rings. The van der Waals surface area contributed by atoms with Gasteiger partial charge in [0.1, 0.15) is 5.01 Å². The summed E-state index contributed by atoms with van der Waals surface area (Å²) in [5, 5.41) is 15.9. The van der Waals surface area contributed by atoms with Crippen molar-refractivity contribution in [2.75, 3.05) is 18.4 Å². The van der Waals surface area contributed by atoms with Crippen LogP contribution in [-0.2, 0) is 11.2 Å². The molecule has 5 nitrogen and oxygen atoms in total. The molecule has 1 aliphatic heterocycles. The van der Waals surface area contributed by atoms with E-state index in [2.05, 4.69) is 27.8 Å². The van der Waals surface area contributed by atoms with E-state index in [9.17, 15) is 4.79 Å². The zero-order chi connectivity index (χ0) is 13.0. The van der Waals surface area contributed by atoms with Crippen LogP contribution in [-0.4, -0.2) is 29.2 Å². The van der Waals surface area contributed by atoms with Crippen LogP contribution >= 0.6 is 11.3 Å². The van der Waals surface area contributed by atoms with Crippen molar-refractivity contribution < 1.29 is 4.79 Å². The Labute approximate surface area is 111 Å². The van der Waals surface area contributed by atoms with Crippen LogP contribution in [0.1, 0.15) is 38.1 Å². The van der Waals surface area contributed by atoms with E-state index < -0.39 is 0 Å². The highest BCUT2D eigenvalue weighted by atomic mass is 32.1. The molecule has 0 unspecified atom stereocenters. The van der Waals surface area contributed by atoms with E-state index in [0.717, 1.165) is 43.8 Å². The Kier molecular flexibility index (Phi) is 4.29. The third-order valence-corrected chi connectivity index (χ3v) is 4.69. The number of carbonyl (C=O) groups is 1. The number of piperidine rings is 1. The molecule has 0 aromatic carbocycles. The second kappa shape index (κ2) is 5.75. The van der Waals surface area contributed by atoms with Crippen molar-refractivity contribution in [3.8, 4) is 0 Å². The van der Waals surface area contributed by atoms with Gasteiger partial charge in [0.2, 0.25) is 11.0 Å². The molecule has 0 radical (unpaired) electrons. The molecule has 0 aliphatic carbocycles. The van der Waals surface area contributed by atoms with Gasteiger partial charge in [0.05, 0.1) is 5.41 Å². The summed E-state index contributed by atoms with van der Waals surface area (Å²) in [4.78, 5) is 12.4. The molecule has 2 N–H and O–H groups in total. The highest BCUT2D eigenvalue weighted by Crippen LogP contribution is 2.34. The molecular weight excluding hydrogens is 248 g/mol. The second-order valence-electron chi connectivity index (χ2n) is 4.69. The maximum absolute atomic E-state index is 12.4. The van der Waals surface area contributed by atoms with E-state index in [1.807, 2.05) is 6.92 Å². The molecule has 0 saturated carbocycles. The van der Waals surface area contributed by atoms with Gasteiger partial charge in [-0.3, -0.25) is 4.79 Å². The first-order valence-electron chi connectivity index (χ1n) is 6.55. The van der Waals surface area contributed by atoms with Crippen molar-refractivity contribution in [2.45, 2.75) is 39.5 Å². The van der Waals surface area contributed by atoms with Crippen LogP contribution in [0.2, 0.25) is 0 Å². The Hall–Kier alpha value is -1.01. The number of rotatable bonds is 4. The lowest BCUT2D eigenvalue weighted by Crippen LogP contribution is -2.44. The highest BCUT2D eigenvalue weighted by molar-refractivity contribution is 7.15. The Morgan fingerprint density at radius 2 is 2.11 bits per heavy atom. The minimum absolute atomic E-state index is 0.102. The first-order chi connectivity index (χ1) is 8.70. The number of hydrogen-bond acceptors (Lipinski definition) is 5. The Morgan fingerprint density at radius 3 is 2.67 bits per heavy atom. The average Bonchev–Trinajstić information content (AvgIpc) is 2.87. The van der Waals surface area contributed by atoms with Crippen LogP contribution in [0, 0.1) is 5.41 Å². The van der Waals surface area contributed by atoms with Crippen molar-refractivity contribution in [3.05, 3.63) is 5.01 Å². The van der Waals surface area contributed by atoms with Gasteiger partial charge in [-0.2, -0.15) is 0 Å². The summed E-state index contributed by atoms with van der Waals surface area (Å²) in [5.74, 6) is 0.102. The number of aromatic nitrogens is 2. The molecule has 1 aliphatic rings. The van der Waals surface area contributed by atoms with E-state index in [1.54, 1.807) is 0 Å². The third-order valence-electron chi connectivity index (χ3n) is 3.71. The van der Waals surface area contributed by atoms with E-state index >= 15 is 0 Å². The van der Waals surface area contributed by atoms with Crippen molar-refractivity contribution in [1.29, 1.82) is 0 Å². The van der Waals surface area contributed by atoms with Gasteiger partial charge in [-0.1, -0.05) is 25.2 Å². The Morgan fingerprint density at radius 1 is 1.39 bits per heavy atom. The number of aryl methyl sites for hydroxylation is 1. The number of nitrogens with one attached hydrogen (secondary N) is 2. The van der Waals surface area contributed by atoms with Crippen LogP contribution < -0.4 is 10.6 Å². The van der Waals surface area contributed by atoms with Gasteiger partial charge in [-0.05, 0) is 38.8 Å². The molecule has 0 bridgehead atoms. The molecule has 0 spiro atoms. The lowest BCUT2D eigenvalue weighted by Gasteiger charge is -2.34. The summed E-state index contributed by atoms with van der Waals surface area (Å²) >= 11 is 1.46. The van der Waals surface area contributed by atoms with E-state index in [0.29, 0.717) is 5.13 Å². The van der Waals surface area contributed by atoms with Crippen LogP contribution in [0.25, 0.3) is 0 Å². The molecule has 6 heteroatoms. The monoisotopic (exact) mass is 268 g/mol. The fourth-order valence-electron chi connectivity index (χ4n) is 2.32. The summed E-state index contributed by atoms with van der Waals surface area (Å²) in [7, 11) is 0. The quantitative estimate of drug-likeness (QED) is 0.874. The molecule has 1 fully saturated rings. The molecule has 100 valence electrons. The minimum atomic E-state index is -0.233. The normalized spacial score (nSPS) is 18.6. The molecule has 2 rings (SSSR count). The predicted molar refractivity (Wildman–Crippen MR) is 72.7 cm³/mol. The first-order valence-corrected chi connectivity index (χ1v) is 7.36. The number of amides is 1. The number of anilines is 1. The van der Waals surface area contributed by atoms with Gasteiger partial charge < -0.3 is 10.6 Å². The van der Waals surface area contributed by atoms with E-state index in [1.165, 1.54) is 11.3 Å². The average molecular weight is 268 g/mol. The van der Waals surface area contributed by atoms with Crippen molar-refractivity contribution >= 4 is 22.4 Å². The van der Waals surface area contributed by atoms with Crippen molar-refractivity contribution in [3.63, 3.8) is 0 Å². The topological polar surface area (TPSA) is 66.9 Å². The second-order valence-corrected chi connectivity index (χ2v) is 5.75. The zero-order valence-electron chi connectivity index (χ0n) is 11.0. The van der Waals surface area contributed by atoms with E-state index in [4.69, 9.17) is 0 Å². The van der Waals surface area contributed by atoms with E-state index in [-0.39, 0.29) is 11.3 Å². The molecule has 1 aromatic heterocycles. The summed E-state index contributed by atoms with van der Waals surface area (Å²) in [6, 6.07) is 0. The molecular formula is C12H20N4OS. The van der Waals surface area contributed by atoms with Gasteiger partial charge in [0.25, 0.3) is 0 Å². The van der Waals surface area contributed by atoms with Crippen LogP contribution in [0.5, 0.6) is 0 Å². The predicted octanol–water partition coefficient (Wildman–Crippen LogP) is 1.82. The van der Waals surface area contributed by atoms with Crippen LogP contribution in [0.3, 0.4) is 0 Å². The van der Waals surface area contributed by atoms with Gasteiger partial charge >= 0.3 is 0 Å². The van der Waals surface area contributed by atoms with Crippen molar-refractivity contribution in [1.82, 2.24) is 15.5 Å². The lowest BCUT2D eigenvalue weighted by atomic mass is 9.76. The summed E-state index contributed by atoms with van der Waals surface area (Å²) < 4.78 is 0. The fourth-order valence-corrected chi connectivity index (χ4v) is 3.00. The molecule has 1 saturated heterocycles. The molecule has 1 amide bonds. The highest BCUT2D eigenvalue weighted by Gasteiger charge is 2.38. The first kappa shape index (κ1) is 13.4. The minimum Gasteiger partial charge on any atom is -0.317 e. The largest absolute Gasteiger partial charge is 0.317 e. The Bertz CT molecular complexity index is 412. The SMILES string of the molecule is CCc1nnc(NC(=O)C2(CC)CCNCC2)s1. The van der Waals surface area contributed by atoms with Gasteiger partial charge in [0, 0.05) is 0 Å². The molecule has 0 atom stereocenters. The summed E-state index contributed by atoms with van der Waals surface area (Å²) in [6.45, 7) is 5.95. The maximum atomic E-state index is 12.4. The molecule has 18 heavy (non-hydrogen) atoms. The van der Waals surface area contributed by atoms with Gasteiger partial charge in [-0.15, -0.1) is 10.2 Å². The van der Waals surface area contributed by atoms with Crippen LogP contribution in [0.15, 0.2) is 0 Å². The zero-order valence-corrected chi connectivity index (χ0v) is 11.8. The number of carbonyl (C=O) groups excluding carboxylic acids is 1. The van der Waals surface area contributed by atoms with Gasteiger partial charge in [-0.25, -0.2) is 0 Å².